The highest BCUT2D eigenvalue weighted by molar-refractivity contribution is 5.87. The molecule has 2 N–H and O–H groups in total. The van der Waals surface area contributed by atoms with Gasteiger partial charge in [-0.15, -0.1) is 0 Å². The van der Waals surface area contributed by atoms with Gasteiger partial charge in [0, 0.05) is 20.4 Å². The summed E-state index contributed by atoms with van der Waals surface area (Å²) < 4.78 is 15.1. The fourth-order valence-electron chi connectivity index (χ4n) is 2.20. The van der Waals surface area contributed by atoms with Crippen molar-refractivity contribution in [2.24, 2.45) is 0 Å². The van der Waals surface area contributed by atoms with E-state index in [1.54, 1.807) is 0 Å². The van der Waals surface area contributed by atoms with Crippen LogP contribution in [0, 0.1) is 0 Å². The Bertz CT molecular complexity index is 516. The number of esters is 2. The van der Waals surface area contributed by atoms with Gasteiger partial charge in [0.25, 0.3) is 0 Å². The second-order valence-corrected chi connectivity index (χ2v) is 6.45. The molecule has 0 saturated carbocycles. The number of alkyl carbamates (subject to hydrolysis) is 1. The summed E-state index contributed by atoms with van der Waals surface area (Å²) in [5.41, 5.74) is -1.43. The van der Waals surface area contributed by atoms with Gasteiger partial charge in [-0.1, -0.05) is 39.2 Å². The normalized spacial score (nSPS) is 10.5. The molecule has 0 aromatic rings. The molecule has 9 nitrogen and oxygen atoms in total. The molecule has 0 aliphatic carbocycles. The maximum absolute atomic E-state index is 11.9. The third-order valence-corrected chi connectivity index (χ3v) is 3.71. The zero-order chi connectivity index (χ0) is 21.4. The third-order valence-electron chi connectivity index (χ3n) is 3.71. The third kappa shape index (κ3) is 12.7. The molecule has 0 unspecified atom stereocenters. The van der Waals surface area contributed by atoms with Crippen molar-refractivity contribution in [3.63, 3.8) is 0 Å². The number of nitrogens with one attached hydrogen (secondary N) is 2. The number of hydrogen-bond acceptors (Lipinski definition) is 7. The molecule has 0 aliphatic rings. The van der Waals surface area contributed by atoms with Crippen LogP contribution in [-0.2, 0) is 28.6 Å². The van der Waals surface area contributed by atoms with Crippen molar-refractivity contribution in [1.29, 1.82) is 0 Å². The second-order valence-electron chi connectivity index (χ2n) is 6.45. The molecule has 0 bridgehead atoms. The monoisotopic (exact) mass is 400 g/mol. The Hall–Kier alpha value is -2.58. The summed E-state index contributed by atoms with van der Waals surface area (Å²) in [7, 11) is 0. The number of amides is 2. The predicted octanol–water partition coefficient (Wildman–Crippen LogP) is 1.85. The smallest absolute Gasteiger partial charge is 0.407 e. The van der Waals surface area contributed by atoms with Gasteiger partial charge in [-0.05, 0) is 12.5 Å². The molecule has 0 aromatic carbocycles. The first kappa shape index (κ1) is 25.4. The molecule has 0 atom stereocenters. The topological polar surface area (TPSA) is 120 Å². The zero-order valence-electron chi connectivity index (χ0n) is 17.0. The van der Waals surface area contributed by atoms with Gasteiger partial charge in [0.05, 0.1) is 0 Å². The van der Waals surface area contributed by atoms with E-state index < -0.39 is 29.5 Å². The summed E-state index contributed by atoms with van der Waals surface area (Å²) in [6.07, 6.45) is 5.56. The first-order valence-electron chi connectivity index (χ1n) is 9.36. The minimum Gasteiger partial charge on any atom is -0.463 e. The van der Waals surface area contributed by atoms with E-state index in [2.05, 4.69) is 24.1 Å². The summed E-state index contributed by atoms with van der Waals surface area (Å²) in [6, 6.07) is 0. The van der Waals surface area contributed by atoms with Crippen LogP contribution in [0.25, 0.3) is 0 Å². The van der Waals surface area contributed by atoms with Crippen molar-refractivity contribution in [1.82, 2.24) is 10.6 Å². The van der Waals surface area contributed by atoms with Crippen molar-refractivity contribution in [2.45, 2.75) is 58.4 Å². The van der Waals surface area contributed by atoms with Crippen molar-refractivity contribution in [2.75, 3.05) is 26.4 Å². The molecule has 0 aliphatic heterocycles. The zero-order valence-corrected chi connectivity index (χ0v) is 17.0. The molecule has 0 heterocycles. The number of carbonyl (C=O) groups excluding carboxylic acids is 4. The lowest BCUT2D eigenvalue weighted by atomic mass is 10.0. The van der Waals surface area contributed by atoms with Gasteiger partial charge < -0.3 is 24.8 Å². The maximum Gasteiger partial charge on any atom is 0.407 e. The summed E-state index contributed by atoms with van der Waals surface area (Å²) in [5, 5.41) is 5.14. The van der Waals surface area contributed by atoms with Crippen LogP contribution in [0.5, 0.6) is 0 Å². The standard InChI is InChI=1S/C19H32N2O7/c1-5-7-8-9-10-11-20-18(25)28-14-19(12-26-15(3)22,13-27-16(4)23)21-17(24)6-2/h6H,2,5,7-14H2,1,3-4H3,(H,20,25)(H,21,24). The van der Waals surface area contributed by atoms with Gasteiger partial charge in [-0.25, -0.2) is 4.79 Å². The van der Waals surface area contributed by atoms with Crippen LogP contribution in [0.2, 0.25) is 0 Å². The number of unbranched alkanes of at least 4 members (excludes halogenated alkanes) is 4. The fourth-order valence-corrected chi connectivity index (χ4v) is 2.20. The molecular weight excluding hydrogens is 368 g/mol. The molecule has 2 amide bonds. The highest BCUT2D eigenvalue weighted by Gasteiger charge is 2.36. The molecule has 0 radical (unpaired) electrons. The van der Waals surface area contributed by atoms with E-state index >= 15 is 0 Å². The van der Waals surface area contributed by atoms with Crippen LogP contribution in [0.1, 0.15) is 52.9 Å². The Morgan fingerprint density at radius 1 is 0.893 bits per heavy atom. The lowest BCUT2D eigenvalue weighted by molar-refractivity contribution is -0.151. The Kier molecular flexibility index (Phi) is 13.1. The number of rotatable bonds is 14. The molecule has 9 heteroatoms. The van der Waals surface area contributed by atoms with E-state index in [0.29, 0.717) is 6.54 Å². The van der Waals surface area contributed by atoms with E-state index in [-0.39, 0.29) is 19.8 Å². The van der Waals surface area contributed by atoms with Gasteiger partial charge in [0.1, 0.15) is 25.4 Å². The SMILES string of the molecule is C=CC(=O)NC(COC(C)=O)(COC(C)=O)COC(=O)NCCCCCCC. The van der Waals surface area contributed by atoms with Crippen molar-refractivity contribution in [3.05, 3.63) is 12.7 Å². The molecule has 0 saturated heterocycles. The Balaban J connectivity index is 4.83. The van der Waals surface area contributed by atoms with Gasteiger partial charge in [0.15, 0.2) is 0 Å². The molecule has 0 rings (SSSR count). The lowest BCUT2D eigenvalue weighted by Crippen LogP contribution is -2.59. The van der Waals surface area contributed by atoms with E-state index in [9.17, 15) is 19.2 Å². The number of hydrogen-bond donors (Lipinski definition) is 2. The summed E-state index contributed by atoms with van der Waals surface area (Å²) in [4.78, 5) is 46.1. The van der Waals surface area contributed by atoms with Crippen LogP contribution in [0.15, 0.2) is 12.7 Å². The van der Waals surface area contributed by atoms with Crippen molar-refractivity contribution >= 4 is 23.9 Å². The van der Waals surface area contributed by atoms with E-state index in [1.807, 2.05) is 0 Å². The Morgan fingerprint density at radius 3 is 1.93 bits per heavy atom. The number of carbonyl (C=O) groups is 4. The van der Waals surface area contributed by atoms with Crippen LogP contribution < -0.4 is 10.6 Å². The minimum absolute atomic E-state index is 0.348. The largest absolute Gasteiger partial charge is 0.463 e. The van der Waals surface area contributed by atoms with E-state index in [0.717, 1.165) is 38.2 Å². The Morgan fingerprint density at radius 2 is 1.43 bits per heavy atom. The average Bonchev–Trinajstić information content (AvgIpc) is 2.65. The molecule has 0 fully saturated rings. The van der Waals surface area contributed by atoms with E-state index in [1.165, 1.54) is 13.8 Å². The van der Waals surface area contributed by atoms with E-state index in [4.69, 9.17) is 14.2 Å². The van der Waals surface area contributed by atoms with Crippen molar-refractivity contribution in [3.8, 4) is 0 Å². The van der Waals surface area contributed by atoms with Crippen LogP contribution in [0.3, 0.4) is 0 Å². The molecule has 160 valence electrons. The average molecular weight is 400 g/mol. The lowest BCUT2D eigenvalue weighted by Gasteiger charge is -2.32. The summed E-state index contributed by atoms with van der Waals surface area (Å²) in [5.74, 6) is -1.80. The molecule has 0 aromatic heterocycles. The Labute approximate surface area is 166 Å². The van der Waals surface area contributed by atoms with Gasteiger partial charge in [0.2, 0.25) is 5.91 Å². The molecule has 0 spiro atoms. The summed E-state index contributed by atoms with van der Waals surface area (Å²) in [6.45, 7) is 7.26. The minimum atomic E-state index is -1.43. The maximum atomic E-state index is 11.9. The second kappa shape index (κ2) is 14.5. The van der Waals surface area contributed by atoms with Gasteiger partial charge >= 0.3 is 18.0 Å². The van der Waals surface area contributed by atoms with Crippen LogP contribution in [0.4, 0.5) is 4.79 Å². The quantitative estimate of drug-likeness (QED) is 0.198. The highest BCUT2D eigenvalue weighted by Crippen LogP contribution is 2.10. The predicted molar refractivity (Wildman–Crippen MR) is 102 cm³/mol. The molecular formula is C19H32N2O7. The number of ether oxygens (including phenoxy) is 3. The van der Waals surface area contributed by atoms with Crippen LogP contribution >= 0.6 is 0 Å². The summed E-state index contributed by atoms with van der Waals surface area (Å²) >= 11 is 0. The first-order valence-corrected chi connectivity index (χ1v) is 9.36. The molecule has 28 heavy (non-hydrogen) atoms. The van der Waals surface area contributed by atoms with Gasteiger partial charge in [-0.2, -0.15) is 0 Å². The highest BCUT2D eigenvalue weighted by atomic mass is 16.6. The van der Waals surface area contributed by atoms with Crippen molar-refractivity contribution < 1.29 is 33.4 Å². The van der Waals surface area contributed by atoms with Gasteiger partial charge in [-0.3, -0.25) is 14.4 Å². The van der Waals surface area contributed by atoms with Crippen LogP contribution in [-0.4, -0.2) is 55.8 Å². The fraction of sp³-hybridized carbons (Fsp3) is 0.684. The first-order chi connectivity index (χ1) is 13.2.